The van der Waals surface area contributed by atoms with Crippen LogP contribution in [0.25, 0.3) is 0 Å². The molecule has 1 unspecified atom stereocenters. The normalized spacial score (nSPS) is 12.3. The van der Waals surface area contributed by atoms with Crippen molar-refractivity contribution in [2.45, 2.75) is 25.8 Å². The largest absolute Gasteiger partial charge is 0.383 e. The summed E-state index contributed by atoms with van der Waals surface area (Å²) in [4.78, 5) is 4.17. The lowest BCUT2D eigenvalue weighted by molar-refractivity contribution is 0.529. The number of aromatic nitrogens is 1. The highest BCUT2D eigenvalue weighted by Crippen LogP contribution is 2.30. The molecule has 0 saturated carbocycles. The molecule has 21 heavy (non-hydrogen) atoms. The Kier molecular flexibility index (Phi) is 5.85. The minimum atomic E-state index is 0.0380. The maximum atomic E-state index is 6.28. The van der Waals surface area contributed by atoms with Gasteiger partial charge >= 0.3 is 0 Å². The van der Waals surface area contributed by atoms with E-state index in [4.69, 9.17) is 28.9 Å². The van der Waals surface area contributed by atoms with E-state index in [-0.39, 0.29) is 6.04 Å². The maximum absolute atomic E-state index is 6.28. The number of anilines is 1. The van der Waals surface area contributed by atoms with E-state index < -0.39 is 0 Å². The molecule has 0 bridgehead atoms. The second-order valence-corrected chi connectivity index (χ2v) is 5.70. The predicted octanol–water partition coefficient (Wildman–Crippen LogP) is 4.25. The molecule has 0 fully saturated rings. The summed E-state index contributed by atoms with van der Waals surface area (Å²) >= 11 is 12.6. The average Bonchev–Trinajstić information content (AvgIpc) is 2.47. The molecular formula is C16H19Cl2N3. The molecule has 1 heterocycles. The van der Waals surface area contributed by atoms with Crippen molar-refractivity contribution in [1.29, 1.82) is 0 Å². The molecule has 2 rings (SSSR count). The highest BCUT2D eigenvalue weighted by molar-refractivity contribution is 6.36. The van der Waals surface area contributed by atoms with Crippen LogP contribution in [0.5, 0.6) is 0 Å². The highest BCUT2D eigenvalue weighted by atomic mass is 35.5. The summed E-state index contributed by atoms with van der Waals surface area (Å²) in [6, 6.07) is 9.47. The SMILES string of the molecule is CCCNC(Cc1c(Cl)cccc1Cl)c1cccnc1N. The number of hydrogen-bond acceptors (Lipinski definition) is 3. The fraction of sp³-hybridized carbons (Fsp3) is 0.312. The van der Waals surface area contributed by atoms with E-state index in [0.717, 1.165) is 24.1 Å². The van der Waals surface area contributed by atoms with Crippen LogP contribution in [0.3, 0.4) is 0 Å². The van der Waals surface area contributed by atoms with Crippen molar-refractivity contribution in [2.24, 2.45) is 0 Å². The fourth-order valence-electron chi connectivity index (χ4n) is 2.27. The third kappa shape index (κ3) is 4.10. The lowest BCUT2D eigenvalue weighted by Crippen LogP contribution is -2.25. The third-order valence-electron chi connectivity index (χ3n) is 3.36. The molecule has 1 aromatic carbocycles. The zero-order chi connectivity index (χ0) is 15.2. The molecule has 0 saturated heterocycles. The second kappa shape index (κ2) is 7.64. The van der Waals surface area contributed by atoms with Crippen LogP contribution in [-0.4, -0.2) is 11.5 Å². The number of pyridine rings is 1. The van der Waals surface area contributed by atoms with Gasteiger partial charge in [-0.05, 0) is 43.1 Å². The van der Waals surface area contributed by atoms with Crippen LogP contribution < -0.4 is 11.1 Å². The van der Waals surface area contributed by atoms with Gasteiger partial charge in [0.05, 0.1) is 0 Å². The van der Waals surface area contributed by atoms with E-state index >= 15 is 0 Å². The first-order valence-corrected chi connectivity index (χ1v) is 7.75. The molecule has 1 atom stereocenters. The van der Waals surface area contributed by atoms with Gasteiger partial charge in [-0.25, -0.2) is 4.98 Å². The van der Waals surface area contributed by atoms with Crippen molar-refractivity contribution >= 4 is 29.0 Å². The topological polar surface area (TPSA) is 50.9 Å². The third-order valence-corrected chi connectivity index (χ3v) is 4.07. The first kappa shape index (κ1) is 16.1. The Hall–Kier alpha value is -1.29. The number of nitrogen functional groups attached to an aromatic ring is 1. The van der Waals surface area contributed by atoms with E-state index in [9.17, 15) is 0 Å². The molecule has 3 N–H and O–H groups in total. The monoisotopic (exact) mass is 323 g/mol. The molecule has 3 nitrogen and oxygen atoms in total. The molecule has 0 spiro atoms. The molecule has 2 aromatic rings. The second-order valence-electron chi connectivity index (χ2n) is 4.89. The van der Waals surface area contributed by atoms with Gasteiger partial charge in [-0.1, -0.05) is 42.3 Å². The first-order chi connectivity index (χ1) is 10.1. The van der Waals surface area contributed by atoms with E-state index in [1.807, 2.05) is 30.3 Å². The van der Waals surface area contributed by atoms with Crippen molar-refractivity contribution in [3.63, 3.8) is 0 Å². The molecule has 5 heteroatoms. The van der Waals surface area contributed by atoms with Gasteiger partial charge in [0.25, 0.3) is 0 Å². The van der Waals surface area contributed by atoms with Gasteiger partial charge in [0.2, 0.25) is 0 Å². The van der Waals surface area contributed by atoms with Crippen LogP contribution in [-0.2, 0) is 6.42 Å². The van der Waals surface area contributed by atoms with Gasteiger partial charge in [-0.15, -0.1) is 0 Å². The zero-order valence-electron chi connectivity index (χ0n) is 11.9. The lowest BCUT2D eigenvalue weighted by atomic mass is 9.99. The van der Waals surface area contributed by atoms with Gasteiger partial charge in [0, 0.05) is 27.8 Å². The Morgan fingerprint density at radius 2 is 1.90 bits per heavy atom. The molecule has 0 aliphatic carbocycles. The first-order valence-electron chi connectivity index (χ1n) is 7.00. The number of nitrogens with zero attached hydrogens (tertiary/aromatic N) is 1. The van der Waals surface area contributed by atoms with Crippen LogP contribution in [0.4, 0.5) is 5.82 Å². The Labute approximate surface area is 135 Å². The number of rotatable bonds is 6. The Balaban J connectivity index is 2.31. The van der Waals surface area contributed by atoms with Gasteiger partial charge in [0.1, 0.15) is 5.82 Å². The summed E-state index contributed by atoms with van der Waals surface area (Å²) in [7, 11) is 0. The van der Waals surface area contributed by atoms with Crippen LogP contribution in [0.1, 0.15) is 30.5 Å². The van der Waals surface area contributed by atoms with Crippen LogP contribution >= 0.6 is 23.2 Å². The quantitative estimate of drug-likeness (QED) is 0.835. The van der Waals surface area contributed by atoms with Crippen molar-refractivity contribution in [3.05, 3.63) is 57.7 Å². The summed E-state index contributed by atoms with van der Waals surface area (Å²) in [5.74, 6) is 0.536. The van der Waals surface area contributed by atoms with E-state index in [2.05, 4.69) is 17.2 Å². The van der Waals surface area contributed by atoms with Gasteiger partial charge in [0.15, 0.2) is 0 Å². The van der Waals surface area contributed by atoms with Gasteiger partial charge in [-0.3, -0.25) is 0 Å². The molecule has 0 amide bonds. The minimum absolute atomic E-state index is 0.0380. The Bertz CT molecular complexity index is 582. The maximum Gasteiger partial charge on any atom is 0.128 e. The number of nitrogens with two attached hydrogens (primary N) is 1. The van der Waals surface area contributed by atoms with Crippen LogP contribution in [0, 0.1) is 0 Å². The van der Waals surface area contributed by atoms with Crippen molar-refractivity contribution in [3.8, 4) is 0 Å². The molecule has 1 aromatic heterocycles. The molecule has 0 aliphatic heterocycles. The molecule has 112 valence electrons. The van der Waals surface area contributed by atoms with Gasteiger partial charge < -0.3 is 11.1 Å². The zero-order valence-corrected chi connectivity index (χ0v) is 13.5. The van der Waals surface area contributed by atoms with E-state index in [1.165, 1.54) is 0 Å². The highest BCUT2D eigenvalue weighted by Gasteiger charge is 2.18. The Morgan fingerprint density at radius 3 is 2.52 bits per heavy atom. The number of nitrogens with one attached hydrogen (secondary N) is 1. The average molecular weight is 324 g/mol. The minimum Gasteiger partial charge on any atom is -0.383 e. The fourth-order valence-corrected chi connectivity index (χ4v) is 2.82. The molecular weight excluding hydrogens is 305 g/mol. The summed E-state index contributed by atoms with van der Waals surface area (Å²) in [6.07, 6.45) is 3.40. The summed E-state index contributed by atoms with van der Waals surface area (Å²) in [6.45, 7) is 3.01. The summed E-state index contributed by atoms with van der Waals surface area (Å²) < 4.78 is 0. The number of hydrogen-bond donors (Lipinski definition) is 2. The smallest absolute Gasteiger partial charge is 0.128 e. The van der Waals surface area contributed by atoms with Crippen LogP contribution in [0.15, 0.2) is 36.5 Å². The number of benzene rings is 1. The van der Waals surface area contributed by atoms with Crippen molar-refractivity contribution < 1.29 is 0 Å². The Morgan fingerprint density at radius 1 is 1.19 bits per heavy atom. The molecule has 0 aliphatic rings. The summed E-state index contributed by atoms with van der Waals surface area (Å²) in [5.41, 5.74) is 7.91. The standard InChI is InChI=1S/C16H19Cl2N3/c1-2-8-20-15(11-5-4-9-21-16(11)19)10-12-13(17)6-3-7-14(12)18/h3-7,9,15,20H,2,8,10H2,1H3,(H2,19,21). The number of halogens is 2. The molecule has 0 radical (unpaired) electrons. The van der Waals surface area contributed by atoms with Gasteiger partial charge in [-0.2, -0.15) is 0 Å². The summed E-state index contributed by atoms with van der Waals surface area (Å²) in [5, 5.41) is 4.84. The van der Waals surface area contributed by atoms with Crippen LogP contribution in [0.2, 0.25) is 10.0 Å². The van der Waals surface area contributed by atoms with E-state index in [1.54, 1.807) is 6.20 Å². The van der Waals surface area contributed by atoms with Crippen molar-refractivity contribution in [2.75, 3.05) is 12.3 Å². The predicted molar refractivity (Wildman–Crippen MR) is 89.9 cm³/mol. The van der Waals surface area contributed by atoms with E-state index in [0.29, 0.717) is 22.3 Å². The van der Waals surface area contributed by atoms with Crippen molar-refractivity contribution in [1.82, 2.24) is 10.3 Å². The lowest BCUT2D eigenvalue weighted by Gasteiger charge is -2.21.